The maximum Gasteiger partial charge on any atom is 0.0439 e. The van der Waals surface area contributed by atoms with Gasteiger partial charge in [0.1, 0.15) is 0 Å². The van der Waals surface area contributed by atoms with E-state index < -0.39 is 0 Å². The highest BCUT2D eigenvalue weighted by atomic mass is 32.2. The zero-order valence-corrected chi connectivity index (χ0v) is 19.0. The summed E-state index contributed by atoms with van der Waals surface area (Å²) in [7, 11) is 0. The van der Waals surface area contributed by atoms with Crippen LogP contribution in [0.3, 0.4) is 0 Å². The number of hydrogen-bond acceptors (Lipinski definition) is 3. The van der Waals surface area contributed by atoms with Crippen molar-refractivity contribution in [1.29, 1.82) is 0 Å². The first-order valence-corrected chi connectivity index (χ1v) is 12.1. The number of rotatable bonds is 14. The van der Waals surface area contributed by atoms with Crippen molar-refractivity contribution in [2.24, 2.45) is 0 Å². The van der Waals surface area contributed by atoms with E-state index in [0.717, 1.165) is 37.2 Å². The van der Waals surface area contributed by atoms with E-state index in [0.29, 0.717) is 0 Å². The van der Waals surface area contributed by atoms with E-state index in [-0.39, 0.29) is 24.0 Å². The Labute approximate surface area is 181 Å². The third-order valence-corrected chi connectivity index (χ3v) is 7.46. The van der Waals surface area contributed by atoms with E-state index in [2.05, 4.69) is 74.5 Å². The van der Waals surface area contributed by atoms with Crippen molar-refractivity contribution in [1.82, 2.24) is 0 Å². The first-order valence-electron chi connectivity index (χ1n) is 10.9. The molecule has 160 valence electrons. The minimum Gasteiger partial charge on any atom is -0.396 e. The fourth-order valence-electron chi connectivity index (χ4n) is 4.23. The van der Waals surface area contributed by atoms with Gasteiger partial charge in [-0.2, -0.15) is 11.8 Å². The van der Waals surface area contributed by atoms with Crippen LogP contribution < -0.4 is 0 Å². The lowest BCUT2D eigenvalue weighted by Crippen LogP contribution is -2.24. The average molecular weight is 415 g/mol. The molecule has 2 aromatic carbocycles. The Balaban J connectivity index is 1.74. The van der Waals surface area contributed by atoms with Gasteiger partial charge in [0.15, 0.2) is 0 Å². The van der Waals surface area contributed by atoms with Crippen LogP contribution in [0.25, 0.3) is 0 Å². The summed E-state index contributed by atoms with van der Waals surface area (Å²) in [5, 5.41) is 19.1. The zero-order valence-electron chi connectivity index (χ0n) is 18.1. The molecule has 0 aromatic heterocycles. The van der Waals surface area contributed by atoms with Gasteiger partial charge in [0.2, 0.25) is 0 Å². The molecule has 3 heteroatoms. The molecule has 0 bridgehead atoms. The Bertz CT molecular complexity index is 616. The number of aliphatic hydroxyl groups excluding tert-OH is 2. The first kappa shape index (κ1) is 24.0. The molecular weight excluding hydrogens is 376 g/mol. The van der Waals surface area contributed by atoms with Gasteiger partial charge in [-0.3, -0.25) is 0 Å². The van der Waals surface area contributed by atoms with E-state index in [1.807, 2.05) is 11.8 Å². The molecule has 0 aliphatic heterocycles. The molecule has 0 amide bonds. The van der Waals surface area contributed by atoms with Crippen LogP contribution in [0.5, 0.6) is 0 Å². The van der Waals surface area contributed by atoms with Crippen molar-refractivity contribution in [3.05, 3.63) is 71.8 Å². The largest absolute Gasteiger partial charge is 0.396 e. The molecule has 2 atom stereocenters. The highest BCUT2D eigenvalue weighted by Crippen LogP contribution is 2.34. The maximum atomic E-state index is 9.53. The quantitative estimate of drug-likeness (QED) is 0.375. The van der Waals surface area contributed by atoms with Gasteiger partial charge in [-0.1, -0.05) is 74.5 Å². The molecule has 0 aliphatic rings. The summed E-state index contributed by atoms with van der Waals surface area (Å²) in [4.78, 5) is 0. The number of thioether (sulfide) groups is 1. The van der Waals surface area contributed by atoms with Crippen LogP contribution in [0.2, 0.25) is 0 Å². The molecule has 2 nitrogen and oxygen atoms in total. The summed E-state index contributed by atoms with van der Waals surface area (Å²) >= 11 is 2.04. The average Bonchev–Trinajstić information content (AvgIpc) is 2.75. The first-order chi connectivity index (χ1) is 14.0. The summed E-state index contributed by atoms with van der Waals surface area (Å²) in [5.74, 6) is 2.33. The lowest BCUT2D eigenvalue weighted by Gasteiger charge is -2.30. The Morgan fingerprint density at radius 2 is 1.00 bits per heavy atom. The van der Waals surface area contributed by atoms with Crippen molar-refractivity contribution in [2.45, 2.75) is 63.2 Å². The van der Waals surface area contributed by atoms with Crippen LogP contribution in [0, 0.1) is 0 Å². The molecule has 29 heavy (non-hydrogen) atoms. The van der Waals surface area contributed by atoms with Crippen molar-refractivity contribution >= 4 is 11.8 Å². The van der Waals surface area contributed by atoms with Crippen LogP contribution in [-0.2, 0) is 10.8 Å². The smallest absolute Gasteiger partial charge is 0.0439 e. The Kier molecular flexibility index (Phi) is 10.3. The summed E-state index contributed by atoms with van der Waals surface area (Å²) in [6.45, 7) is 5.04. The molecule has 2 N–H and O–H groups in total. The van der Waals surface area contributed by atoms with Crippen molar-refractivity contribution in [2.75, 3.05) is 24.7 Å². The second-order valence-electron chi connectivity index (χ2n) is 8.62. The monoisotopic (exact) mass is 414 g/mol. The normalized spacial score (nSPS) is 15.6. The minimum atomic E-state index is 0.0591. The van der Waals surface area contributed by atoms with Crippen molar-refractivity contribution < 1.29 is 10.2 Å². The Hall–Kier alpha value is -1.29. The fourth-order valence-corrected chi connectivity index (χ4v) is 5.13. The molecule has 0 heterocycles. The second kappa shape index (κ2) is 12.4. The van der Waals surface area contributed by atoms with E-state index in [4.69, 9.17) is 0 Å². The SMILES string of the molecule is CC(CCO)(CCCSCCCC(C)(CCO)c1ccccc1)c1ccccc1. The van der Waals surface area contributed by atoms with E-state index in [9.17, 15) is 10.2 Å². The van der Waals surface area contributed by atoms with Crippen LogP contribution in [-0.4, -0.2) is 34.9 Å². The summed E-state index contributed by atoms with van der Waals surface area (Å²) in [6.07, 6.45) is 6.19. The summed E-state index contributed by atoms with van der Waals surface area (Å²) in [5.41, 5.74) is 2.79. The maximum absolute atomic E-state index is 9.53. The molecule has 0 aliphatic carbocycles. The van der Waals surface area contributed by atoms with Gasteiger partial charge in [-0.25, -0.2) is 0 Å². The lowest BCUT2D eigenvalue weighted by molar-refractivity contribution is 0.237. The fraction of sp³-hybridized carbons (Fsp3) is 0.538. The highest BCUT2D eigenvalue weighted by molar-refractivity contribution is 7.99. The van der Waals surface area contributed by atoms with Gasteiger partial charge in [-0.05, 0) is 72.0 Å². The van der Waals surface area contributed by atoms with Gasteiger partial charge < -0.3 is 10.2 Å². The van der Waals surface area contributed by atoms with Gasteiger partial charge in [-0.15, -0.1) is 0 Å². The zero-order chi connectivity index (χ0) is 21.0. The molecule has 2 unspecified atom stereocenters. The lowest BCUT2D eigenvalue weighted by atomic mass is 9.76. The van der Waals surface area contributed by atoms with Gasteiger partial charge in [0.05, 0.1) is 0 Å². The van der Waals surface area contributed by atoms with Crippen LogP contribution in [0.4, 0.5) is 0 Å². The predicted molar refractivity (Wildman–Crippen MR) is 127 cm³/mol. The van der Waals surface area contributed by atoms with Crippen LogP contribution >= 0.6 is 11.8 Å². The van der Waals surface area contributed by atoms with E-state index in [1.165, 1.54) is 24.0 Å². The standard InChI is InChI=1S/C26H38O2S/c1-25(17-19-27,23-11-5-3-6-12-23)15-9-21-29-22-10-16-26(2,18-20-28)24-13-7-4-8-14-24/h3-8,11-14,27-28H,9-10,15-22H2,1-2H3. The predicted octanol–water partition coefficient (Wildman–Crippen LogP) is 5.96. The van der Waals surface area contributed by atoms with Gasteiger partial charge in [0, 0.05) is 13.2 Å². The molecule has 0 fully saturated rings. The summed E-state index contributed by atoms with van der Waals surface area (Å²) in [6, 6.07) is 21.2. The third kappa shape index (κ3) is 7.47. The number of hydrogen-bond donors (Lipinski definition) is 2. The molecule has 0 radical (unpaired) electrons. The topological polar surface area (TPSA) is 40.5 Å². The second-order valence-corrected chi connectivity index (χ2v) is 9.84. The Morgan fingerprint density at radius 1 is 0.621 bits per heavy atom. The molecule has 2 rings (SSSR count). The molecule has 0 spiro atoms. The number of aliphatic hydroxyl groups is 2. The van der Waals surface area contributed by atoms with Gasteiger partial charge in [0.25, 0.3) is 0 Å². The van der Waals surface area contributed by atoms with E-state index >= 15 is 0 Å². The summed E-state index contributed by atoms with van der Waals surface area (Å²) < 4.78 is 0. The van der Waals surface area contributed by atoms with Crippen LogP contribution in [0.15, 0.2) is 60.7 Å². The molecule has 0 saturated heterocycles. The van der Waals surface area contributed by atoms with E-state index in [1.54, 1.807) is 0 Å². The third-order valence-electron chi connectivity index (χ3n) is 6.30. The van der Waals surface area contributed by atoms with Gasteiger partial charge >= 0.3 is 0 Å². The molecule has 2 aromatic rings. The van der Waals surface area contributed by atoms with Crippen molar-refractivity contribution in [3.8, 4) is 0 Å². The molecular formula is C26H38O2S. The Morgan fingerprint density at radius 3 is 1.34 bits per heavy atom. The molecule has 0 saturated carbocycles. The number of benzene rings is 2. The van der Waals surface area contributed by atoms with Crippen LogP contribution in [0.1, 0.15) is 63.5 Å². The highest BCUT2D eigenvalue weighted by Gasteiger charge is 2.26. The minimum absolute atomic E-state index is 0.0591. The van der Waals surface area contributed by atoms with Crippen molar-refractivity contribution in [3.63, 3.8) is 0 Å².